The number of halogens is 3. The molecule has 0 aliphatic heterocycles. The quantitative estimate of drug-likeness (QED) is 0.891. The van der Waals surface area contributed by atoms with Crippen LogP contribution in [0.2, 0.25) is 0 Å². The van der Waals surface area contributed by atoms with E-state index in [-0.39, 0.29) is 29.7 Å². The van der Waals surface area contributed by atoms with Crippen LogP contribution in [-0.2, 0) is 11.0 Å². The Morgan fingerprint density at radius 1 is 1.40 bits per heavy atom. The number of nitrogens with zero attached hydrogens (tertiary/aromatic N) is 1. The van der Waals surface area contributed by atoms with Crippen molar-refractivity contribution in [1.82, 2.24) is 5.32 Å². The molecule has 0 spiro atoms. The second-order valence-corrected chi connectivity index (χ2v) is 4.57. The zero-order valence-corrected chi connectivity index (χ0v) is 10.4. The van der Waals surface area contributed by atoms with E-state index in [1.165, 1.54) is 0 Å². The Morgan fingerprint density at radius 2 is 2.10 bits per heavy atom. The van der Waals surface area contributed by atoms with E-state index in [9.17, 15) is 18.0 Å². The summed E-state index contributed by atoms with van der Waals surface area (Å²) in [6, 6.07) is 4.71. The molecule has 0 saturated heterocycles. The van der Waals surface area contributed by atoms with Gasteiger partial charge < -0.3 is 10.6 Å². The summed E-state index contributed by atoms with van der Waals surface area (Å²) in [4.78, 5) is 11.5. The third kappa shape index (κ3) is 3.63. The molecule has 1 aromatic carbocycles. The molecule has 0 atom stereocenters. The zero-order valence-electron chi connectivity index (χ0n) is 10.4. The predicted octanol–water partition coefficient (Wildman–Crippen LogP) is 2.27. The maximum absolute atomic E-state index is 12.5. The van der Waals surface area contributed by atoms with Gasteiger partial charge in [-0.15, -0.1) is 0 Å². The lowest BCUT2D eigenvalue weighted by atomic mass is 10.1. The highest BCUT2D eigenvalue weighted by Crippen LogP contribution is 2.31. The molecule has 1 fully saturated rings. The maximum atomic E-state index is 12.5. The topological polar surface area (TPSA) is 64.9 Å². The Balaban J connectivity index is 2.04. The highest BCUT2D eigenvalue weighted by molar-refractivity contribution is 5.81. The van der Waals surface area contributed by atoms with Crippen LogP contribution in [0.5, 0.6) is 0 Å². The number of carbonyl (C=O) groups excluding carboxylic acids is 1. The summed E-state index contributed by atoms with van der Waals surface area (Å²) in [5.41, 5.74) is -0.812. The molecule has 2 rings (SSSR count). The molecule has 106 valence electrons. The van der Waals surface area contributed by atoms with E-state index in [1.54, 1.807) is 6.07 Å². The molecule has 7 heteroatoms. The average Bonchev–Trinajstić information content (AvgIpc) is 3.18. The Morgan fingerprint density at radius 3 is 2.65 bits per heavy atom. The molecule has 0 heterocycles. The first-order chi connectivity index (χ1) is 9.40. The summed E-state index contributed by atoms with van der Waals surface area (Å²) in [6.07, 6.45) is -2.58. The minimum atomic E-state index is -4.49. The first-order valence-electron chi connectivity index (χ1n) is 6.04. The maximum Gasteiger partial charge on any atom is 0.416 e. The molecule has 2 N–H and O–H groups in total. The van der Waals surface area contributed by atoms with Gasteiger partial charge in [0.2, 0.25) is 5.91 Å². The van der Waals surface area contributed by atoms with Gasteiger partial charge in [-0.25, -0.2) is 0 Å². The van der Waals surface area contributed by atoms with Gasteiger partial charge in [0, 0.05) is 6.04 Å². The fourth-order valence-corrected chi connectivity index (χ4v) is 1.65. The molecule has 0 bridgehead atoms. The summed E-state index contributed by atoms with van der Waals surface area (Å²) in [5, 5.41) is 14.3. The van der Waals surface area contributed by atoms with Crippen LogP contribution in [0.15, 0.2) is 18.2 Å². The van der Waals surface area contributed by atoms with Crippen LogP contribution in [0.3, 0.4) is 0 Å². The molecule has 0 aromatic heterocycles. The van der Waals surface area contributed by atoms with Gasteiger partial charge in [-0.05, 0) is 31.0 Å². The van der Waals surface area contributed by atoms with Crippen molar-refractivity contribution in [2.24, 2.45) is 0 Å². The number of carbonyl (C=O) groups is 1. The van der Waals surface area contributed by atoms with Crippen LogP contribution in [0, 0.1) is 11.3 Å². The lowest BCUT2D eigenvalue weighted by Crippen LogP contribution is -2.31. The Bertz CT molecular complexity index is 559. The van der Waals surface area contributed by atoms with Crippen LogP contribution in [0.4, 0.5) is 18.9 Å². The van der Waals surface area contributed by atoms with Crippen LogP contribution in [-0.4, -0.2) is 18.5 Å². The molecule has 1 saturated carbocycles. The van der Waals surface area contributed by atoms with Crippen molar-refractivity contribution in [3.63, 3.8) is 0 Å². The van der Waals surface area contributed by atoms with Crippen LogP contribution >= 0.6 is 0 Å². The van der Waals surface area contributed by atoms with Crippen LogP contribution in [0.25, 0.3) is 0 Å². The lowest BCUT2D eigenvalue weighted by Gasteiger charge is -2.11. The monoisotopic (exact) mass is 283 g/mol. The normalized spacial score (nSPS) is 14.5. The molecule has 0 unspecified atom stereocenters. The summed E-state index contributed by atoms with van der Waals surface area (Å²) in [7, 11) is 0. The van der Waals surface area contributed by atoms with Crippen LogP contribution < -0.4 is 10.6 Å². The second kappa shape index (κ2) is 5.41. The first-order valence-corrected chi connectivity index (χ1v) is 6.04. The van der Waals surface area contributed by atoms with E-state index < -0.39 is 11.7 Å². The van der Waals surface area contributed by atoms with Gasteiger partial charge in [0.05, 0.1) is 23.4 Å². The summed E-state index contributed by atoms with van der Waals surface area (Å²) >= 11 is 0. The van der Waals surface area contributed by atoms with Gasteiger partial charge >= 0.3 is 6.18 Å². The van der Waals surface area contributed by atoms with Gasteiger partial charge in [-0.2, -0.15) is 18.4 Å². The molecule has 1 aromatic rings. The number of hydrogen-bond donors (Lipinski definition) is 2. The van der Waals surface area contributed by atoms with Gasteiger partial charge in [-0.3, -0.25) is 4.79 Å². The number of amides is 1. The average molecular weight is 283 g/mol. The van der Waals surface area contributed by atoms with E-state index in [4.69, 9.17) is 5.26 Å². The van der Waals surface area contributed by atoms with E-state index >= 15 is 0 Å². The zero-order chi connectivity index (χ0) is 14.8. The van der Waals surface area contributed by atoms with Gasteiger partial charge in [0.1, 0.15) is 6.07 Å². The SMILES string of the molecule is N#Cc1cc(C(F)(F)F)ccc1NCC(=O)NC1CC1. The van der Waals surface area contributed by atoms with Crippen molar-refractivity contribution >= 4 is 11.6 Å². The number of anilines is 1. The van der Waals surface area contributed by atoms with E-state index in [0.717, 1.165) is 31.0 Å². The highest BCUT2D eigenvalue weighted by Gasteiger charge is 2.31. The molecule has 1 amide bonds. The van der Waals surface area contributed by atoms with Crippen molar-refractivity contribution in [2.75, 3.05) is 11.9 Å². The summed E-state index contributed by atoms with van der Waals surface area (Å²) in [5.74, 6) is -0.240. The number of nitriles is 1. The van der Waals surface area contributed by atoms with Gasteiger partial charge in [0.15, 0.2) is 0 Å². The Hall–Kier alpha value is -2.23. The van der Waals surface area contributed by atoms with Crippen molar-refractivity contribution in [1.29, 1.82) is 5.26 Å². The minimum absolute atomic E-state index is 0.0729. The highest BCUT2D eigenvalue weighted by atomic mass is 19.4. The molecular weight excluding hydrogens is 271 g/mol. The fraction of sp³-hybridized carbons (Fsp3) is 0.385. The van der Waals surface area contributed by atoms with Gasteiger partial charge in [0.25, 0.3) is 0 Å². The second-order valence-electron chi connectivity index (χ2n) is 4.57. The smallest absolute Gasteiger partial charge is 0.375 e. The van der Waals surface area contributed by atoms with E-state index in [0.29, 0.717) is 0 Å². The number of benzene rings is 1. The van der Waals surface area contributed by atoms with Crippen molar-refractivity contribution < 1.29 is 18.0 Å². The lowest BCUT2D eigenvalue weighted by molar-refractivity contribution is -0.137. The van der Waals surface area contributed by atoms with Crippen molar-refractivity contribution in [3.05, 3.63) is 29.3 Å². The molecule has 4 nitrogen and oxygen atoms in total. The first kappa shape index (κ1) is 14.2. The number of nitrogens with one attached hydrogen (secondary N) is 2. The molecular formula is C13H12F3N3O. The standard InChI is InChI=1S/C13H12F3N3O/c14-13(15,16)9-1-4-11(8(5-9)6-17)18-7-12(20)19-10-2-3-10/h1,4-5,10,18H,2-3,7H2,(H,19,20). The molecule has 1 aliphatic rings. The third-order valence-electron chi connectivity index (χ3n) is 2.85. The van der Waals surface area contributed by atoms with Gasteiger partial charge in [-0.1, -0.05) is 0 Å². The molecule has 0 radical (unpaired) electrons. The molecule has 1 aliphatic carbocycles. The summed E-state index contributed by atoms with van der Waals surface area (Å²) < 4.78 is 37.5. The predicted molar refractivity (Wildman–Crippen MR) is 65.8 cm³/mol. The fourth-order valence-electron chi connectivity index (χ4n) is 1.65. The van der Waals surface area contributed by atoms with E-state index in [1.807, 2.05) is 0 Å². The van der Waals surface area contributed by atoms with E-state index in [2.05, 4.69) is 10.6 Å². The number of rotatable bonds is 4. The largest absolute Gasteiger partial charge is 0.416 e. The van der Waals surface area contributed by atoms with Crippen LogP contribution in [0.1, 0.15) is 24.0 Å². The third-order valence-corrected chi connectivity index (χ3v) is 2.85. The number of hydrogen-bond acceptors (Lipinski definition) is 3. The molecule has 20 heavy (non-hydrogen) atoms. The minimum Gasteiger partial charge on any atom is -0.375 e. The van der Waals surface area contributed by atoms with Crippen molar-refractivity contribution in [3.8, 4) is 6.07 Å². The Kier molecular flexibility index (Phi) is 3.84. The van der Waals surface area contributed by atoms with Crippen molar-refractivity contribution in [2.45, 2.75) is 25.1 Å². The Labute approximate surface area is 113 Å². The summed E-state index contributed by atoms with van der Waals surface area (Å²) in [6.45, 7) is -0.0729. The number of alkyl halides is 3.